The van der Waals surface area contributed by atoms with Gasteiger partial charge in [0.1, 0.15) is 11.6 Å². The third-order valence-electron chi connectivity index (χ3n) is 2.51. The smallest absolute Gasteiger partial charge is 0.141 e. The molecule has 15 heavy (non-hydrogen) atoms. The van der Waals surface area contributed by atoms with Crippen molar-refractivity contribution in [1.29, 1.82) is 0 Å². The van der Waals surface area contributed by atoms with E-state index in [-0.39, 0.29) is 5.82 Å². The predicted molar refractivity (Wildman–Crippen MR) is 62.8 cm³/mol. The van der Waals surface area contributed by atoms with Crippen molar-refractivity contribution < 1.29 is 4.39 Å². The Bertz CT molecular complexity index is 296. The molecule has 0 aliphatic carbocycles. The number of nitrogens with zero attached hydrogens (tertiary/aromatic N) is 1. The molecule has 2 nitrogen and oxygen atoms in total. The molecule has 0 saturated carbocycles. The van der Waals surface area contributed by atoms with Gasteiger partial charge in [-0.2, -0.15) is 11.8 Å². The zero-order chi connectivity index (χ0) is 10.5. The number of thioether (sulfide) groups is 1. The fraction of sp³-hybridized carbons (Fsp3) is 0.545. The van der Waals surface area contributed by atoms with Gasteiger partial charge in [-0.25, -0.2) is 9.37 Å². The number of aromatic nitrogens is 1. The van der Waals surface area contributed by atoms with Crippen LogP contribution in [0.1, 0.15) is 19.3 Å². The first-order chi connectivity index (χ1) is 7.34. The third kappa shape index (κ3) is 3.38. The van der Waals surface area contributed by atoms with Crippen LogP contribution < -0.4 is 5.32 Å². The van der Waals surface area contributed by atoms with Crippen molar-refractivity contribution in [3.8, 4) is 0 Å². The molecule has 0 spiro atoms. The maximum absolute atomic E-state index is 12.6. The average Bonchev–Trinajstić information content (AvgIpc) is 2.30. The van der Waals surface area contributed by atoms with Crippen LogP contribution in [0.4, 0.5) is 10.2 Å². The minimum atomic E-state index is -0.285. The second kappa shape index (κ2) is 5.35. The summed E-state index contributed by atoms with van der Waals surface area (Å²) in [5.74, 6) is 1.75. The highest BCUT2D eigenvalue weighted by Crippen LogP contribution is 2.24. The lowest BCUT2D eigenvalue weighted by atomic mass is 10.2. The molecule has 1 N–H and O–H groups in total. The van der Waals surface area contributed by atoms with E-state index in [0.717, 1.165) is 12.4 Å². The molecule has 1 aliphatic heterocycles. The third-order valence-corrected chi connectivity index (χ3v) is 3.91. The topological polar surface area (TPSA) is 24.9 Å². The van der Waals surface area contributed by atoms with Crippen molar-refractivity contribution in [3.63, 3.8) is 0 Å². The van der Waals surface area contributed by atoms with Gasteiger partial charge in [-0.3, -0.25) is 0 Å². The maximum atomic E-state index is 12.6. The minimum absolute atomic E-state index is 0.285. The van der Waals surface area contributed by atoms with Crippen molar-refractivity contribution in [2.24, 2.45) is 0 Å². The lowest BCUT2D eigenvalue weighted by molar-refractivity contribution is 0.621. The van der Waals surface area contributed by atoms with Crippen LogP contribution in [0.5, 0.6) is 0 Å². The SMILES string of the molecule is Fc1ccc(NCC2CCCCS2)nc1. The predicted octanol–water partition coefficient (Wildman–Crippen LogP) is 2.92. The van der Waals surface area contributed by atoms with Crippen molar-refractivity contribution in [2.75, 3.05) is 17.6 Å². The second-order valence-electron chi connectivity index (χ2n) is 3.73. The second-order valence-corrected chi connectivity index (χ2v) is 5.14. The van der Waals surface area contributed by atoms with Gasteiger partial charge in [0, 0.05) is 11.8 Å². The molecule has 1 aliphatic rings. The number of nitrogens with one attached hydrogen (secondary N) is 1. The van der Waals surface area contributed by atoms with E-state index in [1.54, 1.807) is 6.07 Å². The summed E-state index contributed by atoms with van der Waals surface area (Å²) in [5.41, 5.74) is 0. The minimum Gasteiger partial charge on any atom is -0.369 e. The quantitative estimate of drug-likeness (QED) is 0.857. The van der Waals surface area contributed by atoms with Crippen molar-refractivity contribution in [2.45, 2.75) is 24.5 Å². The van der Waals surface area contributed by atoms with E-state index in [1.165, 1.54) is 37.3 Å². The highest BCUT2D eigenvalue weighted by Gasteiger charge is 2.13. The average molecular weight is 226 g/mol. The van der Waals surface area contributed by atoms with Crippen LogP contribution in [0.2, 0.25) is 0 Å². The molecule has 82 valence electrons. The number of hydrogen-bond acceptors (Lipinski definition) is 3. The molecule has 0 radical (unpaired) electrons. The van der Waals surface area contributed by atoms with E-state index in [2.05, 4.69) is 10.3 Å². The first kappa shape index (κ1) is 10.7. The molecule has 2 rings (SSSR count). The highest BCUT2D eigenvalue weighted by atomic mass is 32.2. The Morgan fingerprint density at radius 1 is 1.47 bits per heavy atom. The van der Waals surface area contributed by atoms with Crippen LogP contribution in [0.3, 0.4) is 0 Å². The van der Waals surface area contributed by atoms with E-state index in [0.29, 0.717) is 5.25 Å². The van der Waals surface area contributed by atoms with Crippen LogP contribution in [-0.4, -0.2) is 22.5 Å². The van der Waals surface area contributed by atoms with E-state index in [9.17, 15) is 4.39 Å². The van der Waals surface area contributed by atoms with Crippen molar-refractivity contribution in [1.82, 2.24) is 4.98 Å². The number of anilines is 1. The van der Waals surface area contributed by atoms with E-state index >= 15 is 0 Å². The molecule has 1 unspecified atom stereocenters. The van der Waals surface area contributed by atoms with Crippen LogP contribution in [0.25, 0.3) is 0 Å². The van der Waals surface area contributed by atoms with Gasteiger partial charge in [0.05, 0.1) is 6.20 Å². The molecular weight excluding hydrogens is 211 g/mol. The lowest BCUT2D eigenvalue weighted by Crippen LogP contribution is -2.20. The van der Waals surface area contributed by atoms with E-state index in [1.807, 2.05) is 11.8 Å². The van der Waals surface area contributed by atoms with Crippen molar-refractivity contribution >= 4 is 17.6 Å². The summed E-state index contributed by atoms with van der Waals surface area (Å²) in [6.07, 6.45) is 5.20. The first-order valence-electron chi connectivity index (χ1n) is 5.31. The molecule has 1 aromatic heterocycles. The summed E-state index contributed by atoms with van der Waals surface area (Å²) in [5, 5.41) is 3.93. The fourth-order valence-corrected chi connectivity index (χ4v) is 2.91. The summed E-state index contributed by atoms with van der Waals surface area (Å²) in [7, 11) is 0. The van der Waals surface area contributed by atoms with Crippen LogP contribution in [0, 0.1) is 5.82 Å². The van der Waals surface area contributed by atoms with Gasteiger partial charge in [0.15, 0.2) is 0 Å². The summed E-state index contributed by atoms with van der Waals surface area (Å²) < 4.78 is 12.6. The maximum Gasteiger partial charge on any atom is 0.141 e. The summed E-state index contributed by atoms with van der Waals surface area (Å²) >= 11 is 2.02. The first-order valence-corrected chi connectivity index (χ1v) is 6.36. The fourth-order valence-electron chi connectivity index (χ4n) is 1.67. The molecule has 1 atom stereocenters. The normalized spacial score (nSPS) is 21.3. The van der Waals surface area contributed by atoms with Crippen LogP contribution in [-0.2, 0) is 0 Å². The Hall–Kier alpha value is -0.770. The van der Waals surface area contributed by atoms with Gasteiger partial charge in [-0.05, 0) is 30.7 Å². The standard InChI is InChI=1S/C11H15FN2S/c12-9-4-5-11(13-7-9)14-8-10-3-1-2-6-15-10/h4-5,7,10H,1-3,6,8H2,(H,13,14). The highest BCUT2D eigenvalue weighted by molar-refractivity contribution is 7.99. The van der Waals surface area contributed by atoms with Gasteiger partial charge >= 0.3 is 0 Å². The molecule has 2 heterocycles. The number of rotatable bonds is 3. The Morgan fingerprint density at radius 3 is 3.07 bits per heavy atom. The van der Waals surface area contributed by atoms with Gasteiger partial charge in [0.2, 0.25) is 0 Å². The molecular formula is C11H15FN2S. The molecule has 4 heteroatoms. The molecule has 0 aromatic carbocycles. The number of pyridine rings is 1. The van der Waals surface area contributed by atoms with Gasteiger partial charge in [0.25, 0.3) is 0 Å². The molecule has 1 aromatic rings. The summed E-state index contributed by atoms with van der Waals surface area (Å²) in [4.78, 5) is 3.97. The van der Waals surface area contributed by atoms with Gasteiger partial charge < -0.3 is 5.32 Å². The largest absolute Gasteiger partial charge is 0.369 e. The number of halogens is 1. The Morgan fingerprint density at radius 2 is 2.40 bits per heavy atom. The van der Waals surface area contributed by atoms with Crippen molar-refractivity contribution in [3.05, 3.63) is 24.1 Å². The Labute approximate surface area is 93.7 Å². The van der Waals surface area contributed by atoms with Crippen LogP contribution >= 0.6 is 11.8 Å². The Balaban J connectivity index is 1.79. The molecule has 0 amide bonds. The number of hydrogen-bond donors (Lipinski definition) is 1. The molecule has 1 fully saturated rings. The molecule has 0 bridgehead atoms. The summed E-state index contributed by atoms with van der Waals surface area (Å²) in [6, 6.07) is 3.12. The van der Waals surface area contributed by atoms with Crippen LogP contribution in [0.15, 0.2) is 18.3 Å². The Kier molecular flexibility index (Phi) is 3.83. The van der Waals surface area contributed by atoms with E-state index in [4.69, 9.17) is 0 Å². The zero-order valence-corrected chi connectivity index (χ0v) is 9.39. The van der Waals surface area contributed by atoms with Gasteiger partial charge in [-0.1, -0.05) is 6.42 Å². The zero-order valence-electron chi connectivity index (χ0n) is 8.58. The monoisotopic (exact) mass is 226 g/mol. The van der Waals surface area contributed by atoms with Gasteiger partial charge in [-0.15, -0.1) is 0 Å². The molecule has 1 saturated heterocycles. The lowest BCUT2D eigenvalue weighted by Gasteiger charge is -2.21. The van der Waals surface area contributed by atoms with E-state index < -0.39 is 0 Å². The summed E-state index contributed by atoms with van der Waals surface area (Å²) in [6.45, 7) is 0.934.